The lowest BCUT2D eigenvalue weighted by Gasteiger charge is -2.09. The van der Waals surface area contributed by atoms with Crippen molar-refractivity contribution in [2.24, 2.45) is 0 Å². The molecule has 0 aromatic heterocycles. The summed E-state index contributed by atoms with van der Waals surface area (Å²) in [6, 6.07) is 3.24. The van der Waals surface area contributed by atoms with Crippen molar-refractivity contribution in [3.63, 3.8) is 0 Å². The number of rotatable bonds is 3. The van der Waals surface area contributed by atoms with E-state index in [9.17, 15) is 17.6 Å². The molecular weight excluding hydrogens is 288 g/mol. The molecule has 0 aliphatic heterocycles. The van der Waals surface area contributed by atoms with Crippen LogP contribution in [0.5, 0.6) is 0 Å². The standard InChI is InChI=1S/C11H9BrF4/c12-7-2-1-4-8-5-3-6-9(10(8)13)11(14,15)16/h1,3-6H,2,7H2. The van der Waals surface area contributed by atoms with Crippen LogP contribution in [0.15, 0.2) is 24.3 Å². The van der Waals surface area contributed by atoms with Gasteiger partial charge in [-0.05, 0) is 12.5 Å². The summed E-state index contributed by atoms with van der Waals surface area (Å²) >= 11 is 3.16. The Morgan fingerprint density at radius 1 is 1.25 bits per heavy atom. The van der Waals surface area contributed by atoms with Gasteiger partial charge in [0.15, 0.2) is 0 Å². The van der Waals surface area contributed by atoms with Gasteiger partial charge >= 0.3 is 6.18 Å². The molecule has 0 unspecified atom stereocenters. The average Bonchev–Trinajstić information content (AvgIpc) is 2.19. The quantitative estimate of drug-likeness (QED) is 0.563. The maximum atomic E-state index is 13.4. The second-order valence-corrected chi connectivity index (χ2v) is 3.88. The monoisotopic (exact) mass is 296 g/mol. The molecule has 1 rings (SSSR count). The van der Waals surface area contributed by atoms with Gasteiger partial charge in [-0.2, -0.15) is 13.2 Å². The first-order valence-electron chi connectivity index (χ1n) is 4.55. The third kappa shape index (κ3) is 3.33. The van der Waals surface area contributed by atoms with Crippen LogP contribution in [0.4, 0.5) is 17.6 Å². The summed E-state index contributed by atoms with van der Waals surface area (Å²) in [5.74, 6) is -1.22. The summed E-state index contributed by atoms with van der Waals surface area (Å²) in [7, 11) is 0. The smallest absolute Gasteiger partial charge is 0.206 e. The highest BCUT2D eigenvalue weighted by atomic mass is 79.9. The summed E-state index contributed by atoms with van der Waals surface area (Å²) < 4.78 is 50.4. The second-order valence-electron chi connectivity index (χ2n) is 3.09. The first-order valence-corrected chi connectivity index (χ1v) is 5.67. The minimum Gasteiger partial charge on any atom is -0.206 e. The van der Waals surface area contributed by atoms with E-state index in [1.54, 1.807) is 6.08 Å². The van der Waals surface area contributed by atoms with Crippen molar-refractivity contribution in [3.05, 3.63) is 41.2 Å². The lowest BCUT2D eigenvalue weighted by Crippen LogP contribution is -2.08. The molecular formula is C11H9BrF4. The van der Waals surface area contributed by atoms with Crippen molar-refractivity contribution in [3.8, 4) is 0 Å². The van der Waals surface area contributed by atoms with Crippen LogP contribution >= 0.6 is 15.9 Å². The summed E-state index contributed by atoms with van der Waals surface area (Å²) in [6.07, 6.45) is -1.04. The van der Waals surface area contributed by atoms with Gasteiger partial charge in [0.1, 0.15) is 5.82 Å². The van der Waals surface area contributed by atoms with E-state index in [0.29, 0.717) is 11.8 Å². The molecule has 0 aliphatic carbocycles. The van der Waals surface area contributed by atoms with E-state index >= 15 is 0 Å². The molecule has 1 aromatic rings. The molecule has 88 valence electrons. The minimum absolute atomic E-state index is 0.0456. The molecule has 0 spiro atoms. The number of hydrogen-bond acceptors (Lipinski definition) is 0. The Bertz CT molecular complexity index is 382. The van der Waals surface area contributed by atoms with Gasteiger partial charge < -0.3 is 0 Å². The summed E-state index contributed by atoms with van der Waals surface area (Å²) in [5, 5.41) is 0.685. The van der Waals surface area contributed by atoms with Gasteiger partial charge in [0.25, 0.3) is 0 Å². The zero-order valence-electron chi connectivity index (χ0n) is 8.19. The molecule has 0 aliphatic rings. The molecule has 0 N–H and O–H groups in total. The maximum absolute atomic E-state index is 13.4. The van der Waals surface area contributed by atoms with E-state index < -0.39 is 17.6 Å². The van der Waals surface area contributed by atoms with Crippen molar-refractivity contribution in [2.75, 3.05) is 5.33 Å². The zero-order chi connectivity index (χ0) is 12.2. The number of benzene rings is 1. The number of allylic oxidation sites excluding steroid dienone is 1. The Kier molecular flexibility index (Phi) is 4.53. The van der Waals surface area contributed by atoms with Crippen LogP contribution in [0.3, 0.4) is 0 Å². The molecule has 0 radical (unpaired) electrons. The summed E-state index contributed by atoms with van der Waals surface area (Å²) in [4.78, 5) is 0. The van der Waals surface area contributed by atoms with Gasteiger partial charge in [0.05, 0.1) is 5.56 Å². The van der Waals surface area contributed by atoms with E-state index in [0.717, 1.165) is 6.07 Å². The van der Waals surface area contributed by atoms with Crippen molar-refractivity contribution in [2.45, 2.75) is 12.6 Å². The molecule has 16 heavy (non-hydrogen) atoms. The molecule has 0 bridgehead atoms. The third-order valence-corrected chi connectivity index (χ3v) is 2.37. The van der Waals surface area contributed by atoms with Crippen molar-refractivity contribution in [1.82, 2.24) is 0 Å². The van der Waals surface area contributed by atoms with Crippen LogP contribution in [0.2, 0.25) is 0 Å². The fraction of sp³-hybridized carbons (Fsp3) is 0.273. The molecule has 1 aromatic carbocycles. The number of halogens is 5. The molecule has 0 saturated carbocycles. The zero-order valence-corrected chi connectivity index (χ0v) is 9.78. The van der Waals surface area contributed by atoms with Crippen LogP contribution in [0.25, 0.3) is 6.08 Å². The predicted molar refractivity (Wildman–Crippen MR) is 58.8 cm³/mol. The molecule has 0 saturated heterocycles. The molecule has 0 fully saturated rings. The Hall–Kier alpha value is -0.840. The predicted octanol–water partition coefficient (Wildman–Crippen LogP) is 4.64. The van der Waals surface area contributed by atoms with Crippen molar-refractivity contribution in [1.29, 1.82) is 0 Å². The van der Waals surface area contributed by atoms with Gasteiger partial charge in [-0.1, -0.05) is 40.2 Å². The van der Waals surface area contributed by atoms with Gasteiger partial charge in [0.2, 0.25) is 0 Å². The van der Waals surface area contributed by atoms with Crippen LogP contribution in [0.1, 0.15) is 17.5 Å². The Morgan fingerprint density at radius 2 is 1.94 bits per heavy atom. The fourth-order valence-corrected chi connectivity index (χ4v) is 1.44. The third-order valence-electron chi connectivity index (χ3n) is 1.91. The van der Waals surface area contributed by atoms with Crippen LogP contribution in [0, 0.1) is 5.82 Å². The Morgan fingerprint density at radius 3 is 2.50 bits per heavy atom. The van der Waals surface area contributed by atoms with E-state index in [1.165, 1.54) is 18.2 Å². The topological polar surface area (TPSA) is 0 Å². The van der Waals surface area contributed by atoms with Gasteiger partial charge in [-0.15, -0.1) is 0 Å². The number of hydrogen-bond donors (Lipinski definition) is 0. The largest absolute Gasteiger partial charge is 0.419 e. The maximum Gasteiger partial charge on any atom is 0.419 e. The molecule has 0 amide bonds. The van der Waals surface area contributed by atoms with Crippen LogP contribution < -0.4 is 0 Å². The molecule has 5 heteroatoms. The van der Waals surface area contributed by atoms with E-state index in [1.807, 2.05) is 0 Å². The van der Waals surface area contributed by atoms with E-state index in [-0.39, 0.29) is 5.56 Å². The minimum atomic E-state index is -4.65. The Labute approximate surface area is 99.1 Å². The highest BCUT2D eigenvalue weighted by molar-refractivity contribution is 9.09. The lowest BCUT2D eigenvalue weighted by atomic mass is 10.1. The first kappa shape index (κ1) is 13.2. The average molecular weight is 297 g/mol. The van der Waals surface area contributed by atoms with Gasteiger partial charge in [0, 0.05) is 10.9 Å². The van der Waals surface area contributed by atoms with Gasteiger partial charge in [-0.25, -0.2) is 4.39 Å². The molecule has 0 nitrogen and oxygen atoms in total. The van der Waals surface area contributed by atoms with Crippen LogP contribution in [-0.4, -0.2) is 5.33 Å². The van der Waals surface area contributed by atoms with E-state index in [4.69, 9.17) is 0 Å². The highest BCUT2D eigenvalue weighted by Crippen LogP contribution is 2.32. The van der Waals surface area contributed by atoms with E-state index in [2.05, 4.69) is 15.9 Å². The fourth-order valence-electron chi connectivity index (χ4n) is 1.17. The van der Waals surface area contributed by atoms with Crippen molar-refractivity contribution >= 4 is 22.0 Å². The first-order chi connectivity index (χ1) is 7.46. The normalized spacial score (nSPS) is 12.3. The summed E-state index contributed by atoms with van der Waals surface area (Å²) in [5.41, 5.74) is -1.27. The number of alkyl halides is 4. The molecule has 0 heterocycles. The second kappa shape index (κ2) is 5.48. The summed E-state index contributed by atoms with van der Waals surface area (Å²) in [6.45, 7) is 0. The van der Waals surface area contributed by atoms with Gasteiger partial charge in [-0.3, -0.25) is 0 Å². The molecule has 0 atom stereocenters. The van der Waals surface area contributed by atoms with Crippen molar-refractivity contribution < 1.29 is 17.6 Å². The SMILES string of the molecule is Fc1c(C=CCCBr)cccc1C(F)(F)F. The van der Waals surface area contributed by atoms with Crippen LogP contribution in [-0.2, 0) is 6.18 Å². The lowest BCUT2D eigenvalue weighted by molar-refractivity contribution is -0.140. The Balaban J connectivity index is 3.05. The highest BCUT2D eigenvalue weighted by Gasteiger charge is 2.34.